The third-order valence-corrected chi connectivity index (χ3v) is 9.01. The molecule has 2 N–H and O–H groups in total. The summed E-state index contributed by atoms with van der Waals surface area (Å²) in [5, 5.41) is 6.74. The Kier molecular flexibility index (Phi) is 8.66. The van der Waals surface area contributed by atoms with Gasteiger partial charge in [0.15, 0.2) is 0 Å². The summed E-state index contributed by atoms with van der Waals surface area (Å²) >= 11 is 8.51. The van der Waals surface area contributed by atoms with E-state index in [1.54, 1.807) is 6.07 Å². The minimum absolute atomic E-state index is 0.00697. The Morgan fingerprint density at radius 2 is 1.94 bits per heavy atom. The summed E-state index contributed by atoms with van der Waals surface area (Å²) < 4.78 is 0. The van der Waals surface area contributed by atoms with Crippen LogP contribution in [0.3, 0.4) is 0 Å². The molecule has 184 valence electrons. The van der Waals surface area contributed by atoms with Crippen molar-refractivity contribution in [3.05, 3.63) is 28.3 Å². The smallest absolute Gasteiger partial charge is 0.251 e. The highest BCUT2D eigenvalue weighted by Gasteiger charge is 2.40. The molecule has 0 bridgehead atoms. The van der Waals surface area contributed by atoms with Crippen molar-refractivity contribution in [3.8, 4) is 0 Å². The third-order valence-electron chi connectivity index (χ3n) is 7.75. The highest BCUT2D eigenvalue weighted by atomic mass is 35.5. The molecule has 2 heterocycles. The molecule has 7 heteroatoms. The monoisotopic (exact) mass is 493 g/mol. The van der Waals surface area contributed by atoms with Crippen LogP contribution in [0, 0.1) is 24.2 Å². The van der Waals surface area contributed by atoms with Gasteiger partial charge in [0.05, 0.1) is 5.92 Å². The molecule has 2 amide bonds. The molecule has 5 nitrogen and oxygen atoms in total. The normalized spacial score (nSPS) is 25.8. The molecule has 2 aliphatic rings. The first-order chi connectivity index (χ1) is 15.5. The van der Waals surface area contributed by atoms with Crippen LogP contribution < -0.4 is 15.5 Å². The lowest BCUT2D eigenvalue weighted by atomic mass is 9.71. The zero-order valence-corrected chi connectivity index (χ0v) is 22.5. The molecular formula is C26H40ClN3O2S. The van der Waals surface area contributed by atoms with Gasteiger partial charge in [-0.2, -0.15) is 11.8 Å². The van der Waals surface area contributed by atoms with E-state index in [4.69, 9.17) is 11.6 Å². The lowest BCUT2D eigenvalue weighted by molar-refractivity contribution is -0.126. The Morgan fingerprint density at radius 3 is 2.58 bits per heavy atom. The van der Waals surface area contributed by atoms with Gasteiger partial charge in [-0.1, -0.05) is 32.4 Å². The Labute approximate surface area is 208 Å². The maximum Gasteiger partial charge on any atom is 0.251 e. The summed E-state index contributed by atoms with van der Waals surface area (Å²) in [6.45, 7) is 14.0. The first-order valence-corrected chi connectivity index (χ1v) is 13.8. The molecule has 1 aromatic rings. The molecule has 0 spiro atoms. The molecule has 0 aromatic heterocycles. The summed E-state index contributed by atoms with van der Waals surface area (Å²) in [6.07, 6.45) is 3.22. The van der Waals surface area contributed by atoms with Crippen molar-refractivity contribution in [2.75, 3.05) is 29.5 Å². The highest BCUT2D eigenvalue weighted by molar-refractivity contribution is 7.99. The van der Waals surface area contributed by atoms with E-state index < -0.39 is 0 Å². The molecule has 2 aliphatic heterocycles. The highest BCUT2D eigenvalue weighted by Crippen LogP contribution is 2.39. The maximum atomic E-state index is 13.3. The van der Waals surface area contributed by atoms with Crippen molar-refractivity contribution in [3.63, 3.8) is 0 Å². The quantitative estimate of drug-likeness (QED) is 0.565. The molecule has 33 heavy (non-hydrogen) atoms. The van der Waals surface area contributed by atoms with E-state index in [2.05, 4.69) is 50.2 Å². The second-order valence-corrected chi connectivity index (χ2v) is 12.1. The Morgan fingerprint density at radius 1 is 1.27 bits per heavy atom. The number of benzene rings is 1. The molecule has 0 saturated carbocycles. The molecule has 3 unspecified atom stereocenters. The van der Waals surface area contributed by atoms with Crippen molar-refractivity contribution in [1.29, 1.82) is 0 Å². The summed E-state index contributed by atoms with van der Waals surface area (Å²) in [7, 11) is 0. The summed E-state index contributed by atoms with van der Waals surface area (Å²) in [6, 6.07) is 4.35. The van der Waals surface area contributed by atoms with E-state index in [-0.39, 0.29) is 35.1 Å². The number of nitrogens with one attached hydrogen (secondary N) is 2. The number of thioether (sulfide) groups is 1. The van der Waals surface area contributed by atoms with Crippen molar-refractivity contribution in [2.45, 2.75) is 72.9 Å². The SMILES string of the molecule is CCN(c1cc(Cl)cc(C(=O)NCC2C(=O)NC(C)CC(C)(C)C2C)c1C)C1CCSCC1. The number of nitrogens with zero attached hydrogens (tertiary/aromatic N) is 1. The minimum Gasteiger partial charge on any atom is -0.368 e. The number of hydrogen-bond donors (Lipinski definition) is 2. The maximum absolute atomic E-state index is 13.3. The first-order valence-electron chi connectivity index (χ1n) is 12.3. The zero-order chi connectivity index (χ0) is 24.3. The second-order valence-electron chi connectivity index (χ2n) is 10.4. The van der Waals surface area contributed by atoms with Gasteiger partial charge in [-0.05, 0) is 80.6 Å². The van der Waals surface area contributed by atoms with E-state index in [0.717, 1.165) is 37.1 Å². The fraction of sp³-hybridized carbons (Fsp3) is 0.692. The van der Waals surface area contributed by atoms with Gasteiger partial charge in [-0.3, -0.25) is 9.59 Å². The molecular weight excluding hydrogens is 454 g/mol. The van der Waals surface area contributed by atoms with E-state index in [1.807, 2.05) is 24.8 Å². The number of hydrogen-bond acceptors (Lipinski definition) is 4. The van der Waals surface area contributed by atoms with Crippen LogP contribution in [0.4, 0.5) is 5.69 Å². The van der Waals surface area contributed by atoms with Gasteiger partial charge >= 0.3 is 0 Å². The van der Waals surface area contributed by atoms with Gasteiger partial charge in [-0.25, -0.2) is 0 Å². The van der Waals surface area contributed by atoms with Gasteiger partial charge in [0, 0.05) is 41.4 Å². The van der Waals surface area contributed by atoms with Gasteiger partial charge in [0.25, 0.3) is 5.91 Å². The van der Waals surface area contributed by atoms with E-state index in [0.29, 0.717) is 23.2 Å². The number of carbonyl (C=O) groups is 2. The summed E-state index contributed by atoms with van der Waals surface area (Å²) in [5.41, 5.74) is 2.59. The topological polar surface area (TPSA) is 61.4 Å². The van der Waals surface area contributed by atoms with Gasteiger partial charge in [0.1, 0.15) is 0 Å². The van der Waals surface area contributed by atoms with Crippen molar-refractivity contribution in [2.24, 2.45) is 17.3 Å². The average molecular weight is 494 g/mol. The summed E-state index contributed by atoms with van der Waals surface area (Å²) in [5.74, 6) is 2.09. The van der Waals surface area contributed by atoms with Crippen molar-refractivity contribution >= 4 is 40.9 Å². The number of carbonyl (C=O) groups excluding carboxylic acids is 2. The van der Waals surface area contributed by atoms with Crippen molar-refractivity contribution in [1.82, 2.24) is 10.6 Å². The number of rotatable bonds is 6. The fourth-order valence-corrected chi connectivity index (χ4v) is 6.83. The van der Waals surface area contributed by atoms with E-state index in [9.17, 15) is 9.59 Å². The lowest BCUT2D eigenvalue weighted by Gasteiger charge is -2.36. The first kappa shape index (κ1) is 26.2. The van der Waals surface area contributed by atoms with Crippen LogP contribution in [0.2, 0.25) is 5.02 Å². The van der Waals surface area contributed by atoms with Gasteiger partial charge < -0.3 is 15.5 Å². The standard InChI is InChI=1S/C26H40ClN3O2S/c1-7-30(20-8-10-33-11-9-20)23-13-19(27)12-21(17(23)3)24(31)28-15-22-18(4)26(5,6)14-16(2)29-25(22)32/h12-13,16,18,20,22H,7-11,14-15H2,1-6H3,(H,28,31)(H,29,32). The zero-order valence-electron chi connectivity index (χ0n) is 21.0. The second kappa shape index (κ2) is 10.9. The minimum atomic E-state index is -0.264. The van der Waals surface area contributed by atoms with Gasteiger partial charge in [-0.15, -0.1) is 0 Å². The summed E-state index contributed by atoms with van der Waals surface area (Å²) in [4.78, 5) is 28.6. The number of amides is 2. The fourth-order valence-electron chi connectivity index (χ4n) is 5.54. The lowest BCUT2D eigenvalue weighted by Crippen LogP contribution is -2.43. The van der Waals surface area contributed by atoms with Crippen LogP contribution in [0.1, 0.15) is 69.8 Å². The van der Waals surface area contributed by atoms with Gasteiger partial charge in [0.2, 0.25) is 5.91 Å². The van der Waals surface area contributed by atoms with Crippen LogP contribution in [-0.4, -0.2) is 48.5 Å². The Hall–Kier alpha value is -1.40. The molecule has 0 radical (unpaired) electrons. The predicted molar refractivity (Wildman–Crippen MR) is 141 cm³/mol. The van der Waals surface area contributed by atoms with Crippen LogP contribution in [0.25, 0.3) is 0 Å². The molecule has 3 atom stereocenters. The van der Waals surface area contributed by atoms with Crippen LogP contribution >= 0.6 is 23.4 Å². The van der Waals surface area contributed by atoms with Crippen molar-refractivity contribution < 1.29 is 9.59 Å². The van der Waals surface area contributed by atoms with E-state index >= 15 is 0 Å². The number of anilines is 1. The van der Waals surface area contributed by atoms with Crippen LogP contribution in [-0.2, 0) is 4.79 Å². The molecule has 2 saturated heterocycles. The molecule has 3 rings (SSSR count). The molecule has 0 aliphatic carbocycles. The molecule has 1 aromatic carbocycles. The predicted octanol–water partition coefficient (Wildman–Crippen LogP) is 5.29. The average Bonchev–Trinajstić information content (AvgIpc) is 2.83. The Bertz CT molecular complexity index is 869. The van der Waals surface area contributed by atoms with E-state index in [1.165, 1.54) is 11.5 Å². The number of halogens is 1. The Balaban J connectivity index is 1.80. The van der Waals surface area contributed by atoms with Crippen LogP contribution in [0.5, 0.6) is 0 Å². The largest absolute Gasteiger partial charge is 0.368 e. The molecule has 2 fully saturated rings. The third kappa shape index (κ3) is 6.00. The van der Waals surface area contributed by atoms with Crippen LogP contribution in [0.15, 0.2) is 12.1 Å².